The number of aromatic nitrogens is 2. The van der Waals surface area contributed by atoms with Crippen molar-refractivity contribution in [1.82, 2.24) is 20.2 Å². The summed E-state index contributed by atoms with van der Waals surface area (Å²) in [5.74, 6) is 0.968. The number of hydrogen-bond acceptors (Lipinski definition) is 8. The molecule has 0 radical (unpaired) electrons. The van der Waals surface area contributed by atoms with Crippen molar-refractivity contribution in [3.05, 3.63) is 76.2 Å². The van der Waals surface area contributed by atoms with Crippen molar-refractivity contribution in [2.75, 3.05) is 33.2 Å². The molecule has 230 valence electrons. The van der Waals surface area contributed by atoms with Crippen LogP contribution in [0.2, 0.25) is 0 Å². The number of fused-ring (bicyclic) bond motifs is 4. The zero-order chi connectivity index (χ0) is 31.4. The van der Waals surface area contributed by atoms with Gasteiger partial charge < -0.3 is 34.7 Å². The normalized spacial score (nSPS) is 14.4. The van der Waals surface area contributed by atoms with Crippen LogP contribution >= 0.6 is 0 Å². The number of carbonyl (C=O) groups excluding carboxylic acids is 2. The molecule has 0 bridgehead atoms. The highest BCUT2D eigenvalue weighted by Crippen LogP contribution is 2.50. The average molecular weight is 600 g/mol. The maximum Gasteiger partial charge on any atom is 0.242 e. The molecule has 11 nitrogen and oxygen atoms in total. The van der Waals surface area contributed by atoms with E-state index in [4.69, 9.17) is 14.2 Å². The van der Waals surface area contributed by atoms with E-state index < -0.39 is 12.1 Å². The van der Waals surface area contributed by atoms with Crippen molar-refractivity contribution in [1.29, 1.82) is 0 Å². The lowest BCUT2D eigenvalue weighted by Gasteiger charge is -2.19. The summed E-state index contributed by atoms with van der Waals surface area (Å²) in [6, 6.07) is 13.6. The Morgan fingerprint density at radius 2 is 1.82 bits per heavy atom. The van der Waals surface area contributed by atoms with Crippen LogP contribution in [0.1, 0.15) is 37.4 Å². The van der Waals surface area contributed by atoms with E-state index in [1.807, 2.05) is 41.0 Å². The first kappa shape index (κ1) is 30.4. The molecule has 0 spiro atoms. The molecule has 0 saturated heterocycles. The van der Waals surface area contributed by atoms with Crippen molar-refractivity contribution in [3.8, 4) is 28.4 Å². The van der Waals surface area contributed by atoms with Gasteiger partial charge in [-0.15, -0.1) is 0 Å². The van der Waals surface area contributed by atoms with Gasteiger partial charge in [0, 0.05) is 25.6 Å². The number of nitrogens with zero attached hydrogens (tertiary/aromatic N) is 2. The van der Waals surface area contributed by atoms with Gasteiger partial charge in [-0.1, -0.05) is 18.2 Å². The van der Waals surface area contributed by atoms with Gasteiger partial charge in [0.15, 0.2) is 11.5 Å². The minimum absolute atomic E-state index is 0.208. The second-order valence-electron chi connectivity index (χ2n) is 10.7. The van der Waals surface area contributed by atoms with Crippen LogP contribution in [0.5, 0.6) is 17.2 Å². The fraction of sp³-hybridized carbons (Fsp3) is 0.333. The molecule has 1 aliphatic carbocycles. The van der Waals surface area contributed by atoms with Crippen LogP contribution in [-0.4, -0.2) is 55.3 Å². The molecule has 2 atom stereocenters. The number of aryl methyl sites for hydroxylation is 1. The van der Waals surface area contributed by atoms with E-state index in [0.29, 0.717) is 54.3 Å². The van der Waals surface area contributed by atoms with E-state index in [0.717, 1.165) is 22.2 Å². The van der Waals surface area contributed by atoms with E-state index in [9.17, 15) is 14.4 Å². The van der Waals surface area contributed by atoms with E-state index in [1.54, 1.807) is 33.5 Å². The zero-order valence-electron chi connectivity index (χ0n) is 25.5. The van der Waals surface area contributed by atoms with Gasteiger partial charge in [-0.05, 0) is 66.8 Å². The van der Waals surface area contributed by atoms with Crippen molar-refractivity contribution >= 4 is 28.5 Å². The molecule has 4 aromatic rings. The molecule has 3 aromatic carbocycles. The van der Waals surface area contributed by atoms with Crippen LogP contribution in [-0.2, 0) is 22.6 Å². The molecular weight excluding hydrogens is 562 g/mol. The predicted molar refractivity (Wildman–Crippen MR) is 169 cm³/mol. The molecule has 11 heteroatoms. The highest BCUT2D eigenvalue weighted by molar-refractivity contribution is 5.86. The number of nitrogens with one attached hydrogen (secondary N) is 3. The number of anilines is 1. The Hall–Kier alpha value is -5.06. The lowest BCUT2D eigenvalue weighted by atomic mass is 9.95. The third-order valence-electron chi connectivity index (χ3n) is 7.86. The first-order chi connectivity index (χ1) is 21.2. The molecule has 1 aromatic heterocycles. The van der Waals surface area contributed by atoms with Crippen molar-refractivity contribution < 1.29 is 23.8 Å². The van der Waals surface area contributed by atoms with Gasteiger partial charge in [-0.25, -0.2) is 4.98 Å². The zero-order valence-corrected chi connectivity index (χ0v) is 25.5. The smallest absolute Gasteiger partial charge is 0.242 e. The Morgan fingerprint density at radius 1 is 1.05 bits per heavy atom. The minimum Gasteiger partial charge on any atom is -0.493 e. The number of methoxy groups -OCH3 is 3. The Kier molecular flexibility index (Phi) is 9.03. The molecule has 1 heterocycles. The fourth-order valence-electron chi connectivity index (χ4n) is 5.77. The molecule has 0 aliphatic heterocycles. The summed E-state index contributed by atoms with van der Waals surface area (Å²) in [4.78, 5) is 43.2. The summed E-state index contributed by atoms with van der Waals surface area (Å²) < 4.78 is 19.1. The molecule has 0 fully saturated rings. The molecule has 3 N–H and O–H groups in total. The van der Waals surface area contributed by atoms with Crippen LogP contribution in [0.15, 0.2) is 59.7 Å². The van der Waals surface area contributed by atoms with E-state index in [-0.39, 0.29) is 22.9 Å². The average Bonchev–Trinajstić information content (AvgIpc) is 3.29. The standard InChI is InChI=1S/C33H37N5O6/c1-19(33(41)34-14-15-38-18-35-25-8-6-7-9-27(25)38)36-26-13-11-22-23(17-28(26)40)24(37-20(2)39)12-10-21-16-29(42-3)31(43-4)32(44-5)30(21)22/h6-9,11,13,16-19,24H,10,12,14-15H2,1-5H3,(H,34,41)(H,36,40)(H,37,39)/t19-,24-/m1/s1. The molecular formula is C33H37N5O6. The topological polar surface area (TPSA) is 133 Å². The number of para-hydroxylation sites is 2. The first-order valence-electron chi connectivity index (χ1n) is 14.5. The molecule has 5 rings (SSSR count). The monoisotopic (exact) mass is 599 g/mol. The maximum atomic E-state index is 13.6. The van der Waals surface area contributed by atoms with E-state index in [2.05, 4.69) is 20.9 Å². The lowest BCUT2D eigenvalue weighted by molar-refractivity contribution is -0.121. The van der Waals surface area contributed by atoms with Crippen molar-refractivity contribution in [2.24, 2.45) is 0 Å². The highest BCUT2D eigenvalue weighted by atomic mass is 16.5. The van der Waals surface area contributed by atoms with Crippen LogP contribution in [0.3, 0.4) is 0 Å². The van der Waals surface area contributed by atoms with Gasteiger partial charge >= 0.3 is 0 Å². The summed E-state index contributed by atoms with van der Waals surface area (Å²) in [5, 5.41) is 9.02. The highest BCUT2D eigenvalue weighted by Gasteiger charge is 2.29. The molecule has 0 unspecified atom stereocenters. The number of rotatable bonds is 10. The summed E-state index contributed by atoms with van der Waals surface area (Å²) >= 11 is 0. The third kappa shape index (κ3) is 6.03. The van der Waals surface area contributed by atoms with Crippen LogP contribution < -0.4 is 35.6 Å². The maximum absolute atomic E-state index is 13.6. The van der Waals surface area contributed by atoms with Crippen molar-refractivity contribution in [2.45, 2.75) is 45.3 Å². The number of hydrogen-bond donors (Lipinski definition) is 3. The van der Waals surface area contributed by atoms with E-state index >= 15 is 0 Å². The summed E-state index contributed by atoms with van der Waals surface area (Å²) in [5.41, 5.74) is 4.87. The van der Waals surface area contributed by atoms with Crippen LogP contribution in [0.25, 0.3) is 22.2 Å². The number of benzene rings is 2. The van der Waals surface area contributed by atoms with Gasteiger partial charge in [-0.3, -0.25) is 14.4 Å². The molecule has 1 aliphatic rings. The Morgan fingerprint density at radius 3 is 2.55 bits per heavy atom. The summed E-state index contributed by atoms with van der Waals surface area (Å²) in [7, 11) is 4.66. The SMILES string of the molecule is COc1cc2c(c(OC)c1OC)-c1ccc(N[C@H](C)C(=O)NCCn3cnc4ccccc43)c(=O)cc1[C@H](NC(C)=O)CC2. The first-order valence-corrected chi connectivity index (χ1v) is 14.5. The number of amides is 2. The molecule has 0 saturated carbocycles. The third-order valence-corrected chi connectivity index (χ3v) is 7.86. The Bertz CT molecular complexity index is 1770. The lowest BCUT2D eigenvalue weighted by Crippen LogP contribution is -2.39. The Balaban J connectivity index is 1.44. The minimum atomic E-state index is -0.693. The van der Waals surface area contributed by atoms with Gasteiger partial charge in [0.1, 0.15) is 6.04 Å². The van der Waals surface area contributed by atoms with Gasteiger partial charge in [0.25, 0.3) is 0 Å². The van der Waals surface area contributed by atoms with Gasteiger partial charge in [0.2, 0.25) is 23.0 Å². The predicted octanol–water partition coefficient (Wildman–Crippen LogP) is 3.83. The summed E-state index contributed by atoms with van der Waals surface area (Å²) in [6.07, 6.45) is 2.90. The van der Waals surface area contributed by atoms with Gasteiger partial charge in [-0.2, -0.15) is 0 Å². The number of ether oxygens (including phenoxy) is 3. The second-order valence-corrected chi connectivity index (χ2v) is 10.7. The number of carbonyl (C=O) groups is 2. The van der Waals surface area contributed by atoms with Gasteiger partial charge in [0.05, 0.1) is 50.4 Å². The van der Waals surface area contributed by atoms with Crippen LogP contribution in [0.4, 0.5) is 5.69 Å². The van der Waals surface area contributed by atoms with Crippen LogP contribution in [0, 0.1) is 0 Å². The molecule has 2 amide bonds. The Labute approximate surface area is 255 Å². The molecule has 44 heavy (non-hydrogen) atoms. The van der Waals surface area contributed by atoms with E-state index in [1.165, 1.54) is 20.1 Å². The fourth-order valence-corrected chi connectivity index (χ4v) is 5.77. The second kappa shape index (κ2) is 13.1. The number of imidazole rings is 1. The largest absolute Gasteiger partial charge is 0.493 e. The summed E-state index contributed by atoms with van der Waals surface area (Å²) in [6.45, 7) is 4.11. The quantitative estimate of drug-likeness (QED) is 0.251. The van der Waals surface area contributed by atoms with Crippen molar-refractivity contribution in [3.63, 3.8) is 0 Å².